The van der Waals surface area contributed by atoms with Crippen molar-refractivity contribution in [3.8, 4) is 6.07 Å². The van der Waals surface area contributed by atoms with Crippen LogP contribution < -0.4 is 4.90 Å². The van der Waals surface area contributed by atoms with Crippen LogP contribution in [-0.4, -0.2) is 54.7 Å². The molecule has 2 aliphatic rings. The zero-order chi connectivity index (χ0) is 13.9. The highest BCUT2D eigenvalue weighted by atomic mass is 16.5. The van der Waals surface area contributed by atoms with Gasteiger partial charge in [-0.3, -0.25) is 9.69 Å². The van der Waals surface area contributed by atoms with E-state index in [0.29, 0.717) is 12.2 Å². The molecule has 2 fully saturated rings. The second-order valence-electron chi connectivity index (χ2n) is 5.01. The molecule has 3 rings (SSSR count). The Morgan fingerprint density at radius 2 is 2.15 bits per heavy atom. The van der Waals surface area contributed by atoms with E-state index in [9.17, 15) is 4.79 Å². The molecule has 0 amide bonds. The van der Waals surface area contributed by atoms with Gasteiger partial charge in [0.15, 0.2) is 0 Å². The average molecular weight is 272 g/mol. The van der Waals surface area contributed by atoms with Crippen LogP contribution in [0.5, 0.6) is 0 Å². The number of hydrogen-bond acceptors (Lipinski definition) is 6. The fourth-order valence-corrected chi connectivity index (χ4v) is 2.74. The van der Waals surface area contributed by atoms with Crippen LogP contribution in [0.2, 0.25) is 0 Å². The van der Waals surface area contributed by atoms with Crippen molar-refractivity contribution < 1.29 is 9.53 Å². The molecule has 1 atom stereocenters. The van der Waals surface area contributed by atoms with Crippen LogP contribution in [0.15, 0.2) is 18.3 Å². The number of piperazine rings is 1. The summed E-state index contributed by atoms with van der Waals surface area (Å²) in [5.74, 6) is 0.737. The highest BCUT2D eigenvalue weighted by molar-refractivity contribution is 5.77. The summed E-state index contributed by atoms with van der Waals surface area (Å²) in [6.45, 7) is 3.79. The van der Waals surface area contributed by atoms with Crippen LogP contribution in [-0.2, 0) is 9.53 Å². The summed E-state index contributed by atoms with van der Waals surface area (Å²) in [5, 5.41) is 8.92. The first-order valence-electron chi connectivity index (χ1n) is 6.80. The van der Waals surface area contributed by atoms with Gasteiger partial charge in [0.25, 0.3) is 0 Å². The molecule has 6 nitrogen and oxygen atoms in total. The third kappa shape index (κ3) is 2.45. The first-order chi connectivity index (χ1) is 9.78. The van der Waals surface area contributed by atoms with Gasteiger partial charge >= 0.3 is 5.97 Å². The third-order valence-corrected chi connectivity index (χ3v) is 3.86. The van der Waals surface area contributed by atoms with Crippen LogP contribution in [0, 0.1) is 11.3 Å². The fourth-order valence-electron chi connectivity index (χ4n) is 2.74. The van der Waals surface area contributed by atoms with E-state index in [1.54, 1.807) is 18.3 Å². The smallest absolute Gasteiger partial charge is 0.323 e. The molecule has 0 spiro atoms. The maximum Gasteiger partial charge on any atom is 0.323 e. The molecule has 1 aromatic rings. The van der Waals surface area contributed by atoms with Crippen LogP contribution in [0.25, 0.3) is 0 Å². The number of carbonyl (C=O) groups is 1. The number of esters is 1. The van der Waals surface area contributed by atoms with Crippen molar-refractivity contribution in [1.82, 2.24) is 9.88 Å². The zero-order valence-electron chi connectivity index (χ0n) is 11.2. The van der Waals surface area contributed by atoms with Crippen molar-refractivity contribution >= 4 is 11.8 Å². The van der Waals surface area contributed by atoms with Crippen molar-refractivity contribution in [2.24, 2.45) is 0 Å². The molecule has 0 bridgehead atoms. The monoisotopic (exact) mass is 272 g/mol. The summed E-state index contributed by atoms with van der Waals surface area (Å²) in [6, 6.07) is 5.56. The summed E-state index contributed by atoms with van der Waals surface area (Å²) in [5.41, 5.74) is 0.622. The van der Waals surface area contributed by atoms with Crippen LogP contribution in [0.3, 0.4) is 0 Å². The lowest BCUT2D eigenvalue weighted by Gasteiger charge is -2.37. The van der Waals surface area contributed by atoms with Gasteiger partial charge in [0, 0.05) is 38.8 Å². The van der Waals surface area contributed by atoms with E-state index in [1.165, 1.54) is 0 Å². The van der Waals surface area contributed by atoms with Crippen molar-refractivity contribution in [1.29, 1.82) is 5.26 Å². The molecule has 0 radical (unpaired) electrons. The predicted octanol–water partition coefficient (Wildman–Crippen LogP) is 0.391. The summed E-state index contributed by atoms with van der Waals surface area (Å²) in [4.78, 5) is 20.2. The van der Waals surface area contributed by atoms with Crippen LogP contribution in [0.1, 0.15) is 12.0 Å². The largest absolute Gasteiger partial charge is 0.464 e. The molecule has 0 aliphatic carbocycles. The Kier molecular flexibility index (Phi) is 3.52. The molecule has 0 saturated carbocycles. The predicted molar refractivity (Wildman–Crippen MR) is 72.1 cm³/mol. The Morgan fingerprint density at radius 3 is 2.80 bits per heavy atom. The third-order valence-electron chi connectivity index (χ3n) is 3.86. The van der Waals surface area contributed by atoms with E-state index in [1.807, 2.05) is 0 Å². The van der Waals surface area contributed by atoms with E-state index in [0.717, 1.165) is 38.4 Å². The van der Waals surface area contributed by atoms with Gasteiger partial charge in [-0.05, 0) is 12.1 Å². The number of aromatic nitrogens is 1. The number of ether oxygens (including phenoxy) is 1. The van der Waals surface area contributed by atoms with Crippen molar-refractivity contribution in [3.63, 3.8) is 0 Å². The molecular weight excluding hydrogens is 256 g/mol. The minimum atomic E-state index is -0.0944. The lowest BCUT2D eigenvalue weighted by atomic mass is 10.1. The van der Waals surface area contributed by atoms with Gasteiger partial charge in [-0.25, -0.2) is 4.98 Å². The molecule has 3 heterocycles. The number of hydrogen-bond donors (Lipinski definition) is 0. The molecular formula is C14H16N4O2. The van der Waals surface area contributed by atoms with Gasteiger partial charge in [-0.2, -0.15) is 5.26 Å². The molecule has 2 saturated heterocycles. The van der Waals surface area contributed by atoms with E-state index in [4.69, 9.17) is 10.00 Å². The highest BCUT2D eigenvalue weighted by Crippen LogP contribution is 2.19. The first kappa shape index (κ1) is 12.9. The number of pyridine rings is 1. The van der Waals surface area contributed by atoms with Crippen LogP contribution in [0.4, 0.5) is 5.82 Å². The molecule has 0 aromatic carbocycles. The maximum absolute atomic E-state index is 11.6. The number of rotatable bonds is 2. The van der Waals surface area contributed by atoms with E-state index >= 15 is 0 Å². The summed E-state index contributed by atoms with van der Waals surface area (Å²) >= 11 is 0. The van der Waals surface area contributed by atoms with Crippen molar-refractivity contribution in [2.45, 2.75) is 12.5 Å². The Morgan fingerprint density at radius 1 is 1.35 bits per heavy atom. The highest BCUT2D eigenvalue weighted by Gasteiger charge is 2.34. The number of nitriles is 1. The molecule has 0 unspecified atom stereocenters. The molecule has 6 heteroatoms. The molecule has 0 N–H and O–H groups in total. The van der Waals surface area contributed by atoms with Gasteiger partial charge in [0.1, 0.15) is 11.9 Å². The van der Waals surface area contributed by atoms with E-state index in [2.05, 4.69) is 20.9 Å². The van der Waals surface area contributed by atoms with Gasteiger partial charge in [-0.1, -0.05) is 0 Å². The average Bonchev–Trinajstić information content (AvgIpc) is 2.94. The van der Waals surface area contributed by atoms with Crippen LogP contribution >= 0.6 is 0 Å². The van der Waals surface area contributed by atoms with Crippen molar-refractivity contribution in [2.75, 3.05) is 37.7 Å². The lowest BCUT2D eigenvalue weighted by molar-refractivity contribution is -0.142. The standard InChI is InChI=1S/C14H16N4O2/c15-10-11-1-3-16-13(9-11)18-6-4-17(5-7-18)12-2-8-20-14(12)19/h1,3,9,12H,2,4-8H2/t12-/m1/s1. The number of nitrogens with zero attached hydrogens (tertiary/aromatic N) is 4. The summed E-state index contributed by atoms with van der Waals surface area (Å²) < 4.78 is 5.02. The minimum absolute atomic E-state index is 0.0736. The number of cyclic esters (lactones) is 1. The quantitative estimate of drug-likeness (QED) is 0.725. The van der Waals surface area contributed by atoms with Gasteiger partial charge < -0.3 is 9.64 Å². The van der Waals surface area contributed by atoms with E-state index in [-0.39, 0.29) is 12.0 Å². The lowest BCUT2D eigenvalue weighted by Crippen LogP contribution is -2.51. The number of carbonyl (C=O) groups excluding carboxylic acids is 1. The first-order valence-corrected chi connectivity index (χ1v) is 6.80. The summed E-state index contributed by atoms with van der Waals surface area (Å²) in [7, 11) is 0. The van der Waals surface area contributed by atoms with Gasteiger partial charge in [0.2, 0.25) is 0 Å². The fraction of sp³-hybridized carbons (Fsp3) is 0.500. The van der Waals surface area contributed by atoms with E-state index < -0.39 is 0 Å². The SMILES string of the molecule is N#Cc1ccnc(N2CCN([C@@H]3CCOC3=O)CC2)c1. The molecule has 104 valence electrons. The minimum Gasteiger partial charge on any atom is -0.464 e. The normalized spacial score (nSPS) is 23.4. The number of anilines is 1. The molecule has 20 heavy (non-hydrogen) atoms. The van der Waals surface area contributed by atoms with Gasteiger partial charge in [0.05, 0.1) is 18.2 Å². The molecule has 2 aliphatic heterocycles. The summed E-state index contributed by atoms with van der Waals surface area (Å²) in [6.07, 6.45) is 2.45. The Bertz CT molecular complexity index is 546. The Labute approximate surface area is 117 Å². The Hall–Kier alpha value is -2.13. The maximum atomic E-state index is 11.6. The second kappa shape index (κ2) is 5.47. The topological polar surface area (TPSA) is 69.5 Å². The zero-order valence-corrected chi connectivity index (χ0v) is 11.2. The van der Waals surface area contributed by atoms with Crippen molar-refractivity contribution in [3.05, 3.63) is 23.9 Å². The van der Waals surface area contributed by atoms with Gasteiger partial charge in [-0.15, -0.1) is 0 Å². The Balaban J connectivity index is 1.63. The molecule has 1 aromatic heterocycles. The second-order valence-corrected chi connectivity index (χ2v) is 5.01.